The lowest BCUT2D eigenvalue weighted by molar-refractivity contribution is -0.144. The molecule has 202 valence electrons. The molecule has 3 atom stereocenters. The van der Waals surface area contributed by atoms with Gasteiger partial charge >= 0.3 is 0 Å². The van der Waals surface area contributed by atoms with Crippen LogP contribution in [0.3, 0.4) is 0 Å². The van der Waals surface area contributed by atoms with Crippen LogP contribution in [0, 0.1) is 11.8 Å². The number of nitrogens with two attached hydrogens (primary N) is 1. The predicted molar refractivity (Wildman–Crippen MR) is 138 cm³/mol. The second kappa shape index (κ2) is 9.32. The summed E-state index contributed by atoms with van der Waals surface area (Å²) in [6, 6.07) is 8.13. The maximum atomic E-state index is 13.6. The van der Waals surface area contributed by atoms with Gasteiger partial charge in [0, 0.05) is 23.5 Å². The molecule has 1 amide bonds. The summed E-state index contributed by atoms with van der Waals surface area (Å²) in [7, 11) is 1.46. The Kier molecular flexibility index (Phi) is 6.22. The van der Waals surface area contributed by atoms with Gasteiger partial charge in [0.05, 0.1) is 12.7 Å². The monoisotopic (exact) mass is 533 g/mol. The molecular formula is C29H27NO9. The van der Waals surface area contributed by atoms with Gasteiger partial charge < -0.3 is 36.0 Å². The van der Waals surface area contributed by atoms with Crippen molar-refractivity contribution < 1.29 is 44.7 Å². The lowest BCUT2D eigenvalue weighted by atomic mass is 9.60. The van der Waals surface area contributed by atoms with Gasteiger partial charge in [-0.1, -0.05) is 30.4 Å². The van der Waals surface area contributed by atoms with Gasteiger partial charge in [0.25, 0.3) is 5.91 Å². The van der Waals surface area contributed by atoms with E-state index in [2.05, 4.69) is 0 Å². The van der Waals surface area contributed by atoms with Crippen molar-refractivity contribution in [2.24, 2.45) is 17.6 Å². The third kappa shape index (κ3) is 3.87. The standard InChI is InChI=1S/C29H27NO9/c1-39-20-7-3-6-14(24(20)33)5-2-4-13-8-9-18(31)22-17(13)11-15-10-16-12-19(32)23(28(30)37)27(36)29(16,38)26(35)21(15)25(22)34/h2-4,6-9,15-16,31-33,35,38H,5,10-12H2,1H3,(H2,30,37)/b4-2-/t15?,16-,29-/m0/s1. The van der Waals surface area contributed by atoms with Crippen LogP contribution in [-0.4, -0.2) is 55.7 Å². The number of phenolic OH excluding ortho intramolecular Hbond substituents is 2. The number of benzene rings is 2. The Bertz CT molecular complexity index is 1530. The van der Waals surface area contributed by atoms with Gasteiger partial charge in [-0.3, -0.25) is 14.4 Å². The summed E-state index contributed by atoms with van der Waals surface area (Å²) in [4.78, 5) is 38.4. The van der Waals surface area contributed by atoms with E-state index in [9.17, 15) is 39.9 Å². The maximum Gasteiger partial charge on any atom is 0.255 e. The molecule has 0 bridgehead atoms. The fourth-order valence-electron chi connectivity index (χ4n) is 6.01. The van der Waals surface area contributed by atoms with Gasteiger partial charge in [0.2, 0.25) is 5.78 Å². The Morgan fingerprint density at radius 2 is 1.87 bits per heavy atom. The van der Waals surface area contributed by atoms with E-state index in [-0.39, 0.29) is 41.9 Å². The first-order valence-corrected chi connectivity index (χ1v) is 12.3. The van der Waals surface area contributed by atoms with Crippen molar-refractivity contribution in [3.63, 3.8) is 0 Å². The molecule has 1 unspecified atom stereocenters. The number of para-hydroxylation sites is 1. The molecule has 0 fully saturated rings. The summed E-state index contributed by atoms with van der Waals surface area (Å²) in [5.74, 6) is -6.28. The molecule has 0 heterocycles. The van der Waals surface area contributed by atoms with Gasteiger partial charge in [0.15, 0.2) is 22.9 Å². The number of fused-ring (bicyclic) bond motifs is 3. The zero-order chi connectivity index (χ0) is 28.2. The van der Waals surface area contributed by atoms with Crippen LogP contribution < -0.4 is 10.5 Å². The molecule has 0 saturated heterocycles. The van der Waals surface area contributed by atoms with Crippen molar-refractivity contribution >= 4 is 23.5 Å². The second-order valence-electron chi connectivity index (χ2n) is 10.0. The zero-order valence-corrected chi connectivity index (χ0v) is 21.0. The quantitative estimate of drug-likeness (QED) is 0.314. The molecule has 7 N–H and O–H groups in total. The predicted octanol–water partition coefficient (Wildman–Crippen LogP) is 2.55. The summed E-state index contributed by atoms with van der Waals surface area (Å²) < 4.78 is 5.14. The summed E-state index contributed by atoms with van der Waals surface area (Å²) in [6.07, 6.45) is 3.88. The number of aliphatic hydroxyl groups excluding tert-OH is 2. The fraction of sp³-hybridized carbons (Fsp3) is 0.276. The Morgan fingerprint density at radius 1 is 1.13 bits per heavy atom. The Labute approximate surface area is 223 Å². The van der Waals surface area contributed by atoms with E-state index in [1.54, 1.807) is 36.4 Å². The van der Waals surface area contributed by atoms with E-state index in [0.717, 1.165) is 0 Å². The number of Topliss-reactive ketones (excluding diaryl/α,β-unsaturated/α-hetero) is 2. The number of rotatable bonds is 5. The number of ketones is 2. The average molecular weight is 534 g/mol. The van der Waals surface area contributed by atoms with Crippen molar-refractivity contribution in [3.8, 4) is 17.2 Å². The number of aromatic hydroxyl groups is 2. The van der Waals surface area contributed by atoms with Crippen molar-refractivity contribution in [1.82, 2.24) is 0 Å². The van der Waals surface area contributed by atoms with Gasteiger partial charge in [-0.2, -0.15) is 0 Å². The van der Waals surface area contributed by atoms with E-state index in [1.165, 1.54) is 13.2 Å². The Balaban J connectivity index is 1.53. The van der Waals surface area contributed by atoms with E-state index < -0.39 is 52.0 Å². The zero-order valence-electron chi connectivity index (χ0n) is 21.0. The third-order valence-corrected chi connectivity index (χ3v) is 7.92. The third-order valence-electron chi connectivity index (χ3n) is 7.92. The SMILES string of the molecule is COc1cccc(C/C=C\c2ccc(O)c3c2CC2C[C@H]4CC(O)=C(C(N)=O)C(=O)[C@@]4(O)C(O)=C2C3=O)c1O. The molecule has 0 spiro atoms. The number of hydrogen-bond donors (Lipinski definition) is 6. The number of carbonyl (C=O) groups excluding carboxylic acids is 3. The van der Waals surface area contributed by atoms with Crippen molar-refractivity contribution in [2.75, 3.05) is 7.11 Å². The summed E-state index contributed by atoms with van der Waals surface area (Å²) >= 11 is 0. The summed E-state index contributed by atoms with van der Waals surface area (Å²) in [6.45, 7) is 0. The number of hydrogen-bond acceptors (Lipinski definition) is 9. The van der Waals surface area contributed by atoms with E-state index in [4.69, 9.17) is 10.5 Å². The van der Waals surface area contributed by atoms with Crippen LogP contribution in [0.1, 0.15) is 39.9 Å². The number of aliphatic hydroxyl groups is 3. The highest BCUT2D eigenvalue weighted by atomic mass is 16.5. The molecule has 3 aliphatic carbocycles. The highest BCUT2D eigenvalue weighted by Gasteiger charge is 2.59. The van der Waals surface area contributed by atoms with Crippen LogP contribution in [0.2, 0.25) is 0 Å². The first-order valence-electron chi connectivity index (χ1n) is 12.3. The van der Waals surface area contributed by atoms with Crippen LogP contribution in [-0.2, 0) is 22.4 Å². The number of amides is 1. The molecule has 5 rings (SSSR count). The van der Waals surface area contributed by atoms with Gasteiger partial charge in [0.1, 0.15) is 22.8 Å². The molecule has 0 radical (unpaired) electrons. The van der Waals surface area contributed by atoms with Crippen LogP contribution in [0.5, 0.6) is 17.2 Å². The first-order chi connectivity index (χ1) is 18.5. The maximum absolute atomic E-state index is 13.6. The number of methoxy groups -OCH3 is 1. The Morgan fingerprint density at radius 3 is 2.56 bits per heavy atom. The minimum absolute atomic E-state index is 0.0198. The van der Waals surface area contributed by atoms with E-state index in [0.29, 0.717) is 28.9 Å². The van der Waals surface area contributed by atoms with Crippen molar-refractivity contribution in [1.29, 1.82) is 0 Å². The number of phenols is 2. The first kappa shape index (κ1) is 26.1. The molecule has 2 aromatic rings. The van der Waals surface area contributed by atoms with Gasteiger partial charge in [-0.05, 0) is 48.4 Å². The number of ether oxygens (including phenoxy) is 1. The molecule has 10 nitrogen and oxygen atoms in total. The van der Waals surface area contributed by atoms with Gasteiger partial charge in [-0.15, -0.1) is 0 Å². The molecule has 0 saturated carbocycles. The molecule has 0 aromatic heterocycles. The normalized spacial score (nSPS) is 24.5. The van der Waals surface area contributed by atoms with Crippen LogP contribution in [0.4, 0.5) is 0 Å². The number of carbonyl (C=O) groups is 3. The van der Waals surface area contributed by atoms with Crippen molar-refractivity contribution in [2.45, 2.75) is 31.3 Å². The largest absolute Gasteiger partial charge is 0.511 e. The minimum atomic E-state index is -2.60. The van der Waals surface area contributed by atoms with E-state index >= 15 is 0 Å². The highest BCUT2D eigenvalue weighted by Crippen LogP contribution is 2.51. The lowest BCUT2D eigenvalue weighted by Gasteiger charge is -2.45. The number of primary amides is 1. The molecule has 0 aliphatic heterocycles. The van der Waals surface area contributed by atoms with E-state index in [1.807, 2.05) is 0 Å². The molecule has 3 aliphatic rings. The fourth-order valence-corrected chi connectivity index (χ4v) is 6.01. The highest BCUT2D eigenvalue weighted by molar-refractivity contribution is 6.24. The summed E-state index contributed by atoms with van der Waals surface area (Å²) in [5.41, 5.74) is 3.34. The summed E-state index contributed by atoms with van der Waals surface area (Å²) in [5, 5.41) is 53.7. The Hall–Kier alpha value is -4.57. The van der Waals surface area contributed by atoms with Crippen LogP contribution in [0.15, 0.2) is 59.1 Å². The minimum Gasteiger partial charge on any atom is -0.511 e. The lowest BCUT2D eigenvalue weighted by Crippen LogP contribution is -2.57. The van der Waals surface area contributed by atoms with Crippen LogP contribution >= 0.6 is 0 Å². The molecule has 10 heteroatoms. The molecular weight excluding hydrogens is 506 g/mol. The second-order valence-corrected chi connectivity index (χ2v) is 10.0. The van der Waals surface area contributed by atoms with Crippen molar-refractivity contribution in [3.05, 3.63) is 81.3 Å². The van der Waals surface area contributed by atoms with Gasteiger partial charge in [-0.25, -0.2) is 0 Å². The average Bonchev–Trinajstić information content (AvgIpc) is 2.88. The topological polar surface area (TPSA) is 188 Å². The molecule has 2 aromatic carbocycles. The number of allylic oxidation sites excluding steroid dienone is 3. The molecule has 39 heavy (non-hydrogen) atoms. The smallest absolute Gasteiger partial charge is 0.255 e. The van der Waals surface area contributed by atoms with Crippen LogP contribution in [0.25, 0.3) is 6.08 Å².